The maximum absolute atomic E-state index is 13.2. The Morgan fingerprint density at radius 2 is 1.93 bits per heavy atom. The number of aromatic nitrogens is 2. The number of H-pyrrole nitrogens is 1. The molecular weight excluding hydrogens is 559 g/mol. The molecule has 2 aliphatic rings. The summed E-state index contributed by atoms with van der Waals surface area (Å²) in [7, 11) is 0. The van der Waals surface area contributed by atoms with Gasteiger partial charge in [-0.15, -0.1) is 11.3 Å². The lowest BCUT2D eigenvalue weighted by molar-refractivity contribution is -0.126. The fourth-order valence-corrected chi connectivity index (χ4v) is 7.45. The summed E-state index contributed by atoms with van der Waals surface area (Å²) in [5, 5.41) is 14.7. The number of nitrogens with one attached hydrogen (secondary N) is 2. The Morgan fingerprint density at radius 1 is 1.12 bits per heavy atom. The summed E-state index contributed by atoms with van der Waals surface area (Å²) in [6.45, 7) is 3.75. The van der Waals surface area contributed by atoms with E-state index in [-0.39, 0.29) is 10.9 Å². The van der Waals surface area contributed by atoms with Crippen molar-refractivity contribution in [3.05, 3.63) is 58.2 Å². The van der Waals surface area contributed by atoms with Crippen LogP contribution in [-0.4, -0.2) is 46.8 Å². The van der Waals surface area contributed by atoms with Crippen LogP contribution in [0.3, 0.4) is 0 Å². The van der Waals surface area contributed by atoms with Gasteiger partial charge in [-0.25, -0.2) is 4.98 Å². The minimum absolute atomic E-state index is 0.209. The highest BCUT2D eigenvalue weighted by molar-refractivity contribution is 7.18. The van der Waals surface area contributed by atoms with Crippen molar-refractivity contribution in [2.45, 2.75) is 76.7 Å². The SMILES string of the molecule is N#Cc1cc2cc(CN3CCC(Nc4c(COCCC5CCCC5)cnc5sc(CC(F)(F)F)cc45)CC3)ccc2[nH]1. The molecule has 1 saturated carbocycles. The molecule has 1 aliphatic carbocycles. The molecule has 2 N–H and O–H groups in total. The lowest BCUT2D eigenvalue weighted by Crippen LogP contribution is -2.38. The predicted molar refractivity (Wildman–Crippen MR) is 161 cm³/mol. The lowest BCUT2D eigenvalue weighted by Gasteiger charge is -2.33. The molecule has 4 heterocycles. The van der Waals surface area contributed by atoms with Gasteiger partial charge in [-0.3, -0.25) is 4.90 Å². The molecule has 3 aromatic heterocycles. The first-order valence-corrected chi connectivity index (χ1v) is 15.7. The van der Waals surface area contributed by atoms with E-state index in [0.29, 0.717) is 23.7 Å². The van der Waals surface area contributed by atoms with Crippen LogP contribution in [0.5, 0.6) is 0 Å². The number of pyridine rings is 1. The molecule has 0 bridgehead atoms. The molecule has 4 aromatic rings. The molecule has 2 fully saturated rings. The van der Waals surface area contributed by atoms with E-state index in [1.54, 1.807) is 12.3 Å². The first-order chi connectivity index (χ1) is 20.3. The Morgan fingerprint density at radius 3 is 2.69 bits per heavy atom. The third-order valence-electron chi connectivity index (χ3n) is 8.62. The molecular formula is C32H36F3N5OS. The van der Waals surface area contributed by atoms with E-state index in [2.05, 4.69) is 38.4 Å². The second-order valence-corrected chi connectivity index (χ2v) is 12.9. The van der Waals surface area contributed by atoms with Gasteiger partial charge in [0.15, 0.2) is 0 Å². The van der Waals surface area contributed by atoms with E-state index in [0.717, 1.165) is 83.7 Å². The summed E-state index contributed by atoms with van der Waals surface area (Å²) >= 11 is 1.12. The van der Waals surface area contributed by atoms with Gasteiger partial charge in [-0.1, -0.05) is 31.7 Å². The van der Waals surface area contributed by atoms with Crippen molar-refractivity contribution < 1.29 is 17.9 Å². The molecule has 1 aromatic carbocycles. The van der Waals surface area contributed by atoms with Crippen LogP contribution in [-0.2, 0) is 24.3 Å². The Labute approximate surface area is 247 Å². The Bertz CT molecular complexity index is 1560. The van der Waals surface area contributed by atoms with E-state index in [9.17, 15) is 13.2 Å². The Balaban J connectivity index is 1.12. The number of benzene rings is 1. The zero-order chi connectivity index (χ0) is 29.1. The van der Waals surface area contributed by atoms with Crippen LogP contribution in [0, 0.1) is 17.2 Å². The first kappa shape index (κ1) is 29.0. The summed E-state index contributed by atoms with van der Waals surface area (Å²) < 4.78 is 45.6. The number of nitriles is 1. The van der Waals surface area contributed by atoms with Gasteiger partial charge in [0.25, 0.3) is 0 Å². The largest absolute Gasteiger partial charge is 0.393 e. The lowest BCUT2D eigenvalue weighted by atomic mass is 10.0. The van der Waals surface area contributed by atoms with E-state index in [1.807, 2.05) is 12.1 Å². The number of aromatic amines is 1. The molecule has 10 heteroatoms. The minimum Gasteiger partial charge on any atom is -0.381 e. The van der Waals surface area contributed by atoms with Crippen molar-refractivity contribution >= 4 is 38.1 Å². The van der Waals surface area contributed by atoms with Crippen LogP contribution >= 0.6 is 11.3 Å². The Hall–Kier alpha value is -3.13. The van der Waals surface area contributed by atoms with Crippen molar-refractivity contribution in [2.24, 2.45) is 5.92 Å². The maximum Gasteiger partial charge on any atom is 0.393 e. The zero-order valence-electron chi connectivity index (χ0n) is 23.6. The molecule has 1 saturated heterocycles. The average molecular weight is 596 g/mol. The van der Waals surface area contributed by atoms with Crippen molar-refractivity contribution in [1.82, 2.24) is 14.9 Å². The fourth-order valence-electron chi connectivity index (χ4n) is 6.41. The van der Waals surface area contributed by atoms with Crippen LogP contribution in [0.1, 0.15) is 66.6 Å². The van der Waals surface area contributed by atoms with Gasteiger partial charge in [0.2, 0.25) is 0 Å². The van der Waals surface area contributed by atoms with Crippen LogP contribution in [0.25, 0.3) is 21.1 Å². The number of hydrogen-bond acceptors (Lipinski definition) is 6. The molecule has 222 valence electrons. The highest BCUT2D eigenvalue weighted by Gasteiger charge is 2.29. The zero-order valence-corrected chi connectivity index (χ0v) is 24.4. The second kappa shape index (κ2) is 12.6. The summed E-state index contributed by atoms with van der Waals surface area (Å²) in [6, 6.07) is 12.2. The van der Waals surface area contributed by atoms with Crippen LogP contribution in [0.2, 0.25) is 0 Å². The van der Waals surface area contributed by atoms with Gasteiger partial charge >= 0.3 is 6.18 Å². The van der Waals surface area contributed by atoms with E-state index >= 15 is 0 Å². The Kier molecular flexibility index (Phi) is 8.70. The fraction of sp³-hybridized carbons (Fsp3) is 0.500. The molecule has 0 unspecified atom stereocenters. The molecule has 42 heavy (non-hydrogen) atoms. The molecule has 1 aliphatic heterocycles. The van der Waals surface area contributed by atoms with Crippen LogP contribution < -0.4 is 5.32 Å². The van der Waals surface area contributed by atoms with Gasteiger partial charge in [0, 0.05) is 65.2 Å². The highest BCUT2D eigenvalue weighted by atomic mass is 32.1. The summed E-state index contributed by atoms with van der Waals surface area (Å²) in [4.78, 5) is 11.0. The molecule has 0 spiro atoms. The summed E-state index contributed by atoms with van der Waals surface area (Å²) in [5.74, 6) is 0.746. The van der Waals surface area contributed by atoms with Crippen molar-refractivity contribution in [3.63, 3.8) is 0 Å². The summed E-state index contributed by atoms with van der Waals surface area (Å²) in [6.07, 6.45) is 4.67. The van der Waals surface area contributed by atoms with Crippen LogP contribution in [0.15, 0.2) is 36.5 Å². The van der Waals surface area contributed by atoms with Crippen molar-refractivity contribution in [1.29, 1.82) is 5.26 Å². The number of anilines is 1. The van der Waals surface area contributed by atoms with Gasteiger partial charge in [0.05, 0.1) is 18.7 Å². The number of likely N-dealkylation sites (tertiary alicyclic amines) is 1. The van der Waals surface area contributed by atoms with Gasteiger partial charge < -0.3 is 15.0 Å². The molecule has 0 amide bonds. The third kappa shape index (κ3) is 7.08. The van der Waals surface area contributed by atoms with Crippen molar-refractivity contribution in [2.75, 3.05) is 25.0 Å². The van der Waals surface area contributed by atoms with Gasteiger partial charge in [-0.2, -0.15) is 18.4 Å². The maximum atomic E-state index is 13.2. The summed E-state index contributed by atoms with van der Waals surface area (Å²) in [5.41, 5.74) is 4.52. The number of nitrogens with zero attached hydrogens (tertiary/aromatic N) is 3. The highest BCUT2D eigenvalue weighted by Crippen LogP contribution is 2.37. The number of rotatable bonds is 10. The normalized spacial score (nSPS) is 17.4. The second-order valence-electron chi connectivity index (χ2n) is 11.8. The standard InChI is InChI=1S/C32H36F3N5OS/c33-32(34,35)16-27-15-28-30(24(18-37-31(28)42-27)20-41-12-9-21-3-1-2-4-21)39-25-7-10-40(11-8-25)19-22-5-6-29-23(13-22)14-26(17-36)38-29/h5-6,13-15,18,21,25,38H,1-4,7-12,16,19-20H2,(H,37,39). The number of hydrogen-bond donors (Lipinski definition) is 2. The third-order valence-corrected chi connectivity index (χ3v) is 9.66. The monoisotopic (exact) mass is 595 g/mol. The number of fused-ring (bicyclic) bond motifs is 2. The van der Waals surface area contributed by atoms with E-state index in [4.69, 9.17) is 10.00 Å². The van der Waals surface area contributed by atoms with E-state index in [1.165, 1.54) is 31.2 Å². The molecule has 6 rings (SSSR count). The number of thiophene rings is 1. The van der Waals surface area contributed by atoms with E-state index < -0.39 is 12.6 Å². The number of ether oxygens (including phenoxy) is 1. The molecule has 0 atom stereocenters. The van der Waals surface area contributed by atoms with Crippen molar-refractivity contribution in [3.8, 4) is 6.07 Å². The number of piperidine rings is 1. The quantitative estimate of drug-likeness (QED) is 0.182. The predicted octanol–water partition coefficient (Wildman–Crippen LogP) is 7.93. The number of halogens is 3. The van der Waals surface area contributed by atoms with Crippen LogP contribution in [0.4, 0.5) is 18.9 Å². The van der Waals surface area contributed by atoms with Gasteiger partial charge in [-0.05, 0) is 55.0 Å². The average Bonchev–Trinajstić information content (AvgIpc) is 3.71. The topological polar surface area (TPSA) is 77.0 Å². The number of alkyl halides is 3. The smallest absolute Gasteiger partial charge is 0.381 e. The minimum atomic E-state index is -4.25. The molecule has 6 nitrogen and oxygen atoms in total. The van der Waals surface area contributed by atoms with Gasteiger partial charge in [0.1, 0.15) is 16.6 Å². The molecule has 0 radical (unpaired) electrons. The first-order valence-electron chi connectivity index (χ1n) is 14.9.